The molecule has 0 spiro atoms. The Kier molecular flexibility index (Phi) is 7.92. The van der Waals surface area contributed by atoms with Gasteiger partial charge in [-0.3, -0.25) is 0 Å². The van der Waals surface area contributed by atoms with Crippen molar-refractivity contribution in [2.24, 2.45) is 11.8 Å². The molecule has 2 heteroatoms. The van der Waals surface area contributed by atoms with E-state index in [2.05, 4.69) is 38.0 Å². The smallest absolute Gasteiger partial charge is 0.00762 e. The van der Waals surface area contributed by atoms with Gasteiger partial charge in [-0.25, -0.2) is 0 Å². The van der Waals surface area contributed by atoms with E-state index in [1.54, 1.807) is 0 Å². The van der Waals surface area contributed by atoms with Gasteiger partial charge in [0, 0.05) is 19.1 Å². The third-order valence-electron chi connectivity index (χ3n) is 4.76. The zero-order valence-electron chi connectivity index (χ0n) is 13.0. The van der Waals surface area contributed by atoms with E-state index in [4.69, 9.17) is 0 Å². The molecule has 1 N–H and O–H groups in total. The van der Waals surface area contributed by atoms with E-state index in [1.165, 1.54) is 58.2 Å². The third kappa shape index (κ3) is 5.27. The van der Waals surface area contributed by atoms with Gasteiger partial charge in [0.05, 0.1) is 0 Å². The summed E-state index contributed by atoms with van der Waals surface area (Å²) in [6.07, 6.45) is 8.32. The molecule has 1 heterocycles. The molecule has 0 amide bonds. The quantitative estimate of drug-likeness (QED) is 0.713. The normalized spacial score (nSPS) is 25.0. The van der Waals surface area contributed by atoms with Crippen LogP contribution in [0.2, 0.25) is 0 Å². The van der Waals surface area contributed by atoms with Crippen LogP contribution in [0.4, 0.5) is 0 Å². The van der Waals surface area contributed by atoms with Gasteiger partial charge < -0.3 is 10.2 Å². The van der Waals surface area contributed by atoms with E-state index in [0.29, 0.717) is 6.04 Å². The van der Waals surface area contributed by atoms with Gasteiger partial charge in [0.1, 0.15) is 0 Å². The molecule has 2 nitrogen and oxygen atoms in total. The average Bonchev–Trinajstić information content (AvgIpc) is 2.42. The van der Waals surface area contributed by atoms with Gasteiger partial charge in [0.15, 0.2) is 0 Å². The molecule has 108 valence electrons. The Hall–Kier alpha value is -0.0800. The molecule has 1 saturated heterocycles. The fourth-order valence-corrected chi connectivity index (χ4v) is 3.18. The maximum atomic E-state index is 3.43. The molecule has 1 fully saturated rings. The van der Waals surface area contributed by atoms with Crippen molar-refractivity contribution in [1.29, 1.82) is 0 Å². The second kappa shape index (κ2) is 8.92. The number of piperidine rings is 1. The largest absolute Gasteiger partial charge is 0.317 e. The summed E-state index contributed by atoms with van der Waals surface area (Å²) in [5.41, 5.74) is 0. The molecule has 0 saturated carbocycles. The van der Waals surface area contributed by atoms with E-state index in [9.17, 15) is 0 Å². The number of nitrogens with one attached hydrogen (secondary N) is 1. The highest BCUT2D eigenvalue weighted by molar-refractivity contribution is 4.80. The molecular formula is C16H34N2. The third-order valence-corrected chi connectivity index (χ3v) is 4.76. The topological polar surface area (TPSA) is 15.3 Å². The Morgan fingerprint density at radius 2 is 2.11 bits per heavy atom. The van der Waals surface area contributed by atoms with Crippen LogP contribution in [0.1, 0.15) is 59.3 Å². The van der Waals surface area contributed by atoms with Gasteiger partial charge in [-0.15, -0.1) is 0 Å². The van der Waals surface area contributed by atoms with Crippen molar-refractivity contribution in [2.45, 2.75) is 65.3 Å². The molecule has 1 aliphatic heterocycles. The van der Waals surface area contributed by atoms with Gasteiger partial charge in [-0.1, -0.05) is 33.1 Å². The summed E-state index contributed by atoms with van der Waals surface area (Å²) in [7, 11) is 2.10. The number of hydrogen-bond donors (Lipinski definition) is 1. The highest BCUT2D eigenvalue weighted by atomic mass is 15.1. The second-order valence-corrected chi connectivity index (χ2v) is 6.16. The predicted octanol–water partition coefficient (Wildman–Crippen LogP) is 3.52. The Morgan fingerprint density at radius 3 is 2.72 bits per heavy atom. The Balaban J connectivity index is 2.36. The molecular weight excluding hydrogens is 220 g/mol. The van der Waals surface area contributed by atoms with Gasteiger partial charge in [0.2, 0.25) is 0 Å². The van der Waals surface area contributed by atoms with Crippen molar-refractivity contribution >= 4 is 0 Å². The first-order valence-corrected chi connectivity index (χ1v) is 8.10. The maximum Gasteiger partial charge on any atom is 0.00762 e. The van der Waals surface area contributed by atoms with Crippen molar-refractivity contribution in [3.8, 4) is 0 Å². The summed E-state index contributed by atoms with van der Waals surface area (Å²) in [6.45, 7) is 11.0. The lowest BCUT2D eigenvalue weighted by atomic mass is 9.90. The first kappa shape index (κ1) is 16.0. The monoisotopic (exact) mass is 254 g/mol. The summed E-state index contributed by atoms with van der Waals surface area (Å²) < 4.78 is 0. The van der Waals surface area contributed by atoms with Gasteiger partial charge in [-0.2, -0.15) is 0 Å². The zero-order valence-corrected chi connectivity index (χ0v) is 13.0. The lowest BCUT2D eigenvalue weighted by Gasteiger charge is -2.37. The molecule has 0 radical (unpaired) electrons. The second-order valence-electron chi connectivity index (χ2n) is 6.16. The number of rotatable bonds is 8. The Labute approximate surface area is 115 Å². The molecule has 0 aromatic rings. The van der Waals surface area contributed by atoms with Crippen molar-refractivity contribution in [1.82, 2.24) is 10.2 Å². The van der Waals surface area contributed by atoms with Crippen LogP contribution >= 0.6 is 0 Å². The summed E-state index contributed by atoms with van der Waals surface area (Å²) in [5, 5.41) is 3.43. The highest BCUT2D eigenvalue weighted by Gasteiger charge is 2.24. The summed E-state index contributed by atoms with van der Waals surface area (Å²) >= 11 is 0. The fraction of sp³-hybridized carbons (Fsp3) is 1.00. The molecule has 1 rings (SSSR count). The van der Waals surface area contributed by atoms with Crippen LogP contribution in [0.3, 0.4) is 0 Å². The summed E-state index contributed by atoms with van der Waals surface area (Å²) in [4.78, 5) is 2.73. The zero-order chi connectivity index (χ0) is 13.4. The average molecular weight is 254 g/mol. The molecule has 0 aliphatic carbocycles. The molecule has 0 bridgehead atoms. The first-order chi connectivity index (χ1) is 8.71. The van der Waals surface area contributed by atoms with Gasteiger partial charge in [-0.05, 0) is 51.6 Å². The minimum atomic E-state index is 0.670. The first-order valence-electron chi connectivity index (χ1n) is 8.10. The van der Waals surface area contributed by atoms with Crippen molar-refractivity contribution < 1.29 is 0 Å². The standard InChI is InChI=1S/C16H34N2/c1-5-7-9-15(6-2)12-18-11-8-10-16(13-18)14(3)17-4/h14-17H,5-13H2,1-4H3. The minimum absolute atomic E-state index is 0.670. The molecule has 0 aromatic heterocycles. The Morgan fingerprint density at radius 1 is 1.33 bits per heavy atom. The van der Waals surface area contributed by atoms with Crippen LogP contribution in [0.15, 0.2) is 0 Å². The van der Waals surface area contributed by atoms with E-state index < -0.39 is 0 Å². The van der Waals surface area contributed by atoms with Crippen molar-refractivity contribution in [3.05, 3.63) is 0 Å². The molecule has 3 unspecified atom stereocenters. The van der Waals surface area contributed by atoms with Gasteiger partial charge in [0.25, 0.3) is 0 Å². The lowest BCUT2D eigenvalue weighted by Crippen LogP contribution is -2.44. The van der Waals surface area contributed by atoms with E-state index in [1.807, 2.05) is 0 Å². The minimum Gasteiger partial charge on any atom is -0.317 e. The van der Waals surface area contributed by atoms with Gasteiger partial charge >= 0.3 is 0 Å². The van der Waals surface area contributed by atoms with Crippen molar-refractivity contribution in [3.63, 3.8) is 0 Å². The SMILES string of the molecule is CCCCC(CC)CN1CCCC(C(C)NC)C1. The fourth-order valence-electron chi connectivity index (χ4n) is 3.18. The number of likely N-dealkylation sites (tertiary alicyclic amines) is 1. The number of nitrogens with zero attached hydrogens (tertiary/aromatic N) is 1. The summed E-state index contributed by atoms with van der Waals surface area (Å²) in [5.74, 6) is 1.78. The van der Waals surface area contributed by atoms with E-state index in [-0.39, 0.29) is 0 Å². The van der Waals surface area contributed by atoms with E-state index >= 15 is 0 Å². The predicted molar refractivity (Wildman–Crippen MR) is 81.0 cm³/mol. The van der Waals surface area contributed by atoms with Crippen LogP contribution in [0.5, 0.6) is 0 Å². The van der Waals surface area contributed by atoms with Crippen LogP contribution in [-0.4, -0.2) is 37.6 Å². The summed E-state index contributed by atoms with van der Waals surface area (Å²) in [6, 6.07) is 0.670. The molecule has 3 atom stereocenters. The molecule has 18 heavy (non-hydrogen) atoms. The van der Waals surface area contributed by atoms with Crippen LogP contribution in [0, 0.1) is 11.8 Å². The maximum absolute atomic E-state index is 3.43. The lowest BCUT2D eigenvalue weighted by molar-refractivity contribution is 0.130. The number of unbranched alkanes of at least 4 members (excludes halogenated alkanes) is 1. The van der Waals surface area contributed by atoms with Crippen LogP contribution in [-0.2, 0) is 0 Å². The Bertz CT molecular complexity index is 205. The molecule has 1 aliphatic rings. The van der Waals surface area contributed by atoms with Crippen molar-refractivity contribution in [2.75, 3.05) is 26.7 Å². The van der Waals surface area contributed by atoms with Crippen LogP contribution in [0.25, 0.3) is 0 Å². The van der Waals surface area contributed by atoms with Crippen LogP contribution < -0.4 is 5.32 Å². The van der Waals surface area contributed by atoms with E-state index in [0.717, 1.165) is 11.8 Å². The number of hydrogen-bond acceptors (Lipinski definition) is 2. The molecule has 0 aromatic carbocycles. The highest BCUT2D eigenvalue weighted by Crippen LogP contribution is 2.22.